The van der Waals surface area contributed by atoms with Crippen molar-refractivity contribution in [2.45, 2.75) is 53.1 Å². The Hall–Kier alpha value is -0.890. The zero-order chi connectivity index (χ0) is 12.8. The summed E-state index contributed by atoms with van der Waals surface area (Å²) in [7, 11) is 0. The van der Waals surface area contributed by atoms with E-state index in [0.29, 0.717) is 5.92 Å². The number of fused-ring (bicyclic) bond motifs is 1. The Morgan fingerprint density at radius 2 is 2.06 bits per heavy atom. The van der Waals surface area contributed by atoms with Gasteiger partial charge in [-0.15, -0.1) is 0 Å². The topological polar surface area (TPSA) is 37.3 Å². The highest BCUT2D eigenvalue weighted by molar-refractivity contribution is 6.06. The molecule has 1 N–H and O–H groups in total. The van der Waals surface area contributed by atoms with Crippen molar-refractivity contribution in [2.24, 2.45) is 11.3 Å². The van der Waals surface area contributed by atoms with E-state index in [1.807, 2.05) is 13.8 Å². The molecule has 0 aromatic rings. The molecule has 2 heteroatoms. The standard InChI is InChI=1S/C15H22O2/c1-9(2)11-8-15(4)10(3)5-6-13(16)12(15)7-14(11)17/h7,10,13,16H,5-6,8H2,1-4H3/t10-,13-,15+/m0/s1. The minimum atomic E-state index is -0.418. The molecule has 1 fully saturated rings. The van der Waals surface area contributed by atoms with Gasteiger partial charge in [-0.1, -0.05) is 19.4 Å². The second-order valence-electron chi connectivity index (χ2n) is 6.03. The number of hydrogen-bond acceptors (Lipinski definition) is 2. The number of rotatable bonds is 0. The van der Waals surface area contributed by atoms with E-state index < -0.39 is 6.10 Å². The molecular weight excluding hydrogens is 212 g/mol. The Morgan fingerprint density at radius 3 is 2.65 bits per heavy atom. The van der Waals surface area contributed by atoms with Crippen molar-refractivity contribution in [3.63, 3.8) is 0 Å². The normalized spacial score (nSPS) is 37.6. The molecule has 0 aromatic heterocycles. The fourth-order valence-corrected chi connectivity index (χ4v) is 3.19. The van der Waals surface area contributed by atoms with Gasteiger partial charge in [0.2, 0.25) is 0 Å². The zero-order valence-electron chi connectivity index (χ0n) is 11.2. The fraction of sp³-hybridized carbons (Fsp3) is 0.667. The number of carbonyl (C=O) groups excluding carboxylic acids is 1. The number of ketones is 1. The van der Waals surface area contributed by atoms with E-state index in [9.17, 15) is 9.90 Å². The smallest absolute Gasteiger partial charge is 0.181 e. The van der Waals surface area contributed by atoms with Crippen LogP contribution in [0.4, 0.5) is 0 Å². The van der Waals surface area contributed by atoms with Gasteiger partial charge in [0, 0.05) is 0 Å². The van der Waals surface area contributed by atoms with E-state index >= 15 is 0 Å². The minimum Gasteiger partial charge on any atom is -0.389 e. The summed E-state index contributed by atoms with van der Waals surface area (Å²) in [5.41, 5.74) is 2.99. The summed E-state index contributed by atoms with van der Waals surface area (Å²) in [5.74, 6) is 0.630. The molecule has 1 saturated carbocycles. The third-order valence-electron chi connectivity index (χ3n) is 4.71. The fourth-order valence-electron chi connectivity index (χ4n) is 3.19. The largest absolute Gasteiger partial charge is 0.389 e. The van der Waals surface area contributed by atoms with E-state index in [1.165, 1.54) is 0 Å². The highest BCUT2D eigenvalue weighted by Gasteiger charge is 2.45. The van der Waals surface area contributed by atoms with Gasteiger partial charge in [-0.3, -0.25) is 4.79 Å². The van der Waals surface area contributed by atoms with Crippen molar-refractivity contribution >= 4 is 5.78 Å². The van der Waals surface area contributed by atoms with Gasteiger partial charge in [0.15, 0.2) is 5.78 Å². The maximum absolute atomic E-state index is 12.0. The lowest BCUT2D eigenvalue weighted by Crippen LogP contribution is -2.42. The van der Waals surface area contributed by atoms with E-state index in [2.05, 4.69) is 13.8 Å². The van der Waals surface area contributed by atoms with Gasteiger partial charge in [0.05, 0.1) is 6.10 Å². The predicted molar refractivity (Wildman–Crippen MR) is 68.6 cm³/mol. The van der Waals surface area contributed by atoms with Crippen LogP contribution in [-0.4, -0.2) is 17.0 Å². The van der Waals surface area contributed by atoms with Crippen LogP contribution in [0.3, 0.4) is 0 Å². The molecule has 2 rings (SSSR count). The first-order valence-electron chi connectivity index (χ1n) is 6.47. The molecule has 0 radical (unpaired) electrons. The van der Waals surface area contributed by atoms with Crippen molar-refractivity contribution in [1.29, 1.82) is 0 Å². The van der Waals surface area contributed by atoms with Crippen LogP contribution in [0.1, 0.15) is 47.0 Å². The minimum absolute atomic E-state index is 0.0296. The average molecular weight is 234 g/mol. The number of allylic oxidation sites excluding steroid dienone is 3. The number of aliphatic hydroxyl groups is 1. The van der Waals surface area contributed by atoms with Crippen LogP contribution in [0.25, 0.3) is 0 Å². The Bertz CT molecular complexity index is 413. The highest BCUT2D eigenvalue weighted by Crippen LogP contribution is 2.51. The molecule has 2 aliphatic carbocycles. The first-order valence-corrected chi connectivity index (χ1v) is 6.47. The van der Waals surface area contributed by atoms with E-state index in [-0.39, 0.29) is 11.2 Å². The molecule has 0 bridgehead atoms. The molecule has 0 saturated heterocycles. The van der Waals surface area contributed by atoms with Crippen LogP contribution < -0.4 is 0 Å². The SMILES string of the molecule is CC(C)=C1C[C@@]2(C)C(=CC1=O)[C@@H](O)CC[C@@H]2C. The molecular formula is C15H22O2. The predicted octanol–water partition coefficient (Wildman–Crippen LogP) is 3.02. The van der Waals surface area contributed by atoms with Crippen molar-refractivity contribution in [3.8, 4) is 0 Å². The van der Waals surface area contributed by atoms with E-state index in [1.54, 1.807) is 6.08 Å². The molecule has 0 spiro atoms. The third kappa shape index (κ3) is 1.89. The summed E-state index contributed by atoms with van der Waals surface area (Å²) >= 11 is 0. The Labute approximate surface area is 103 Å². The molecule has 0 unspecified atom stereocenters. The van der Waals surface area contributed by atoms with Crippen molar-refractivity contribution < 1.29 is 9.90 Å². The highest BCUT2D eigenvalue weighted by atomic mass is 16.3. The molecule has 3 atom stereocenters. The zero-order valence-corrected chi connectivity index (χ0v) is 11.2. The molecule has 2 nitrogen and oxygen atoms in total. The molecule has 0 aliphatic heterocycles. The summed E-state index contributed by atoms with van der Waals surface area (Å²) in [6.07, 6.45) is 3.91. The van der Waals surface area contributed by atoms with Crippen molar-refractivity contribution in [1.82, 2.24) is 0 Å². The molecule has 2 aliphatic rings. The maximum atomic E-state index is 12.0. The number of hydrogen-bond donors (Lipinski definition) is 1. The lowest BCUT2D eigenvalue weighted by atomic mass is 9.58. The second kappa shape index (κ2) is 4.09. The third-order valence-corrected chi connectivity index (χ3v) is 4.71. The molecule has 17 heavy (non-hydrogen) atoms. The Kier molecular flexibility index (Phi) is 3.03. The lowest BCUT2D eigenvalue weighted by molar-refractivity contribution is -0.112. The summed E-state index contributed by atoms with van der Waals surface area (Å²) in [4.78, 5) is 12.0. The van der Waals surface area contributed by atoms with Crippen molar-refractivity contribution in [2.75, 3.05) is 0 Å². The summed E-state index contributed by atoms with van der Waals surface area (Å²) in [5, 5.41) is 10.1. The van der Waals surface area contributed by atoms with Crippen LogP contribution in [0.2, 0.25) is 0 Å². The summed E-state index contributed by atoms with van der Waals surface area (Å²) in [6.45, 7) is 8.43. The summed E-state index contributed by atoms with van der Waals surface area (Å²) in [6, 6.07) is 0. The van der Waals surface area contributed by atoms with Crippen LogP contribution in [0, 0.1) is 11.3 Å². The monoisotopic (exact) mass is 234 g/mol. The first kappa shape index (κ1) is 12.6. The Balaban J connectivity index is 2.51. The van der Waals surface area contributed by atoms with Crippen LogP contribution in [-0.2, 0) is 4.79 Å². The average Bonchev–Trinajstić information content (AvgIpc) is 2.26. The summed E-state index contributed by atoms with van der Waals surface area (Å²) < 4.78 is 0. The van der Waals surface area contributed by atoms with Gasteiger partial charge in [0.1, 0.15) is 0 Å². The number of carbonyl (C=O) groups is 1. The van der Waals surface area contributed by atoms with Crippen LogP contribution >= 0.6 is 0 Å². The quantitative estimate of drug-likeness (QED) is 0.654. The van der Waals surface area contributed by atoms with E-state index in [4.69, 9.17) is 0 Å². The molecule has 94 valence electrons. The van der Waals surface area contributed by atoms with Gasteiger partial charge in [0.25, 0.3) is 0 Å². The first-order chi connectivity index (χ1) is 7.86. The van der Waals surface area contributed by atoms with Crippen LogP contribution in [0.5, 0.6) is 0 Å². The number of aliphatic hydroxyl groups excluding tert-OH is 1. The molecule has 0 heterocycles. The van der Waals surface area contributed by atoms with Gasteiger partial charge in [-0.2, -0.15) is 0 Å². The van der Waals surface area contributed by atoms with E-state index in [0.717, 1.165) is 36.0 Å². The van der Waals surface area contributed by atoms with Gasteiger partial charge in [-0.05, 0) is 61.7 Å². The second-order valence-corrected chi connectivity index (χ2v) is 6.03. The Morgan fingerprint density at radius 1 is 1.41 bits per heavy atom. The van der Waals surface area contributed by atoms with Crippen molar-refractivity contribution in [3.05, 3.63) is 22.8 Å². The van der Waals surface area contributed by atoms with Crippen LogP contribution in [0.15, 0.2) is 22.8 Å². The molecule has 0 aromatic carbocycles. The van der Waals surface area contributed by atoms with Gasteiger partial charge in [-0.25, -0.2) is 0 Å². The lowest BCUT2D eigenvalue weighted by Gasteiger charge is -2.47. The van der Waals surface area contributed by atoms with Gasteiger partial charge < -0.3 is 5.11 Å². The molecule has 0 amide bonds. The maximum Gasteiger partial charge on any atom is 0.181 e. The van der Waals surface area contributed by atoms with Gasteiger partial charge >= 0.3 is 0 Å².